The fourth-order valence-corrected chi connectivity index (χ4v) is 3.95. The Morgan fingerprint density at radius 1 is 1.13 bits per heavy atom. The summed E-state index contributed by atoms with van der Waals surface area (Å²) in [6.07, 6.45) is -4.69. The highest BCUT2D eigenvalue weighted by molar-refractivity contribution is 6.05. The quantitative estimate of drug-likeness (QED) is 0.354. The number of alkyl halides is 3. The summed E-state index contributed by atoms with van der Waals surface area (Å²) in [4.78, 5) is 44.6. The number of aryl methyl sites for hydroxylation is 1. The number of fused-ring (bicyclic) bond motifs is 1. The average molecular weight is 528 g/mol. The zero-order chi connectivity index (χ0) is 27.6. The molecule has 10 nitrogen and oxygen atoms in total. The molecule has 0 aliphatic carbocycles. The van der Waals surface area contributed by atoms with Crippen molar-refractivity contribution in [2.75, 3.05) is 21.0 Å². The molecule has 0 radical (unpaired) electrons. The number of carbonyl (C=O) groups excluding carboxylic acids is 3. The lowest BCUT2D eigenvalue weighted by molar-refractivity contribution is -0.201. The molecule has 1 aliphatic heterocycles. The maximum Gasteiger partial charge on any atom is 0.493 e. The van der Waals surface area contributed by atoms with Crippen molar-refractivity contribution in [3.8, 4) is 0 Å². The minimum absolute atomic E-state index is 0.00300. The second-order valence-electron chi connectivity index (χ2n) is 8.30. The van der Waals surface area contributed by atoms with Gasteiger partial charge in [0.05, 0.1) is 11.3 Å². The minimum atomic E-state index is -5.31. The molecule has 2 aromatic carbocycles. The third kappa shape index (κ3) is 5.31. The smallest absolute Gasteiger partial charge is 0.365 e. The Morgan fingerprint density at radius 2 is 1.82 bits per heavy atom. The molecular weight excluding hydrogens is 505 g/mol. The van der Waals surface area contributed by atoms with Crippen LogP contribution in [0, 0.1) is 0 Å². The predicted molar refractivity (Wildman–Crippen MR) is 134 cm³/mol. The van der Waals surface area contributed by atoms with E-state index in [1.54, 1.807) is 12.1 Å². The number of amides is 2. The number of pyridine rings is 1. The summed E-state index contributed by atoms with van der Waals surface area (Å²) in [6.45, 7) is 3.24. The highest BCUT2D eigenvalue weighted by Gasteiger charge is 2.46. The van der Waals surface area contributed by atoms with Crippen molar-refractivity contribution >= 4 is 46.4 Å². The van der Waals surface area contributed by atoms with Gasteiger partial charge in [-0.2, -0.15) is 18.2 Å². The summed E-state index contributed by atoms with van der Waals surface area (Å²) >= 11 is 0. The second-order valence-corrected chi connectivity index (χ2v) is 8.30. The molecule has 5 N–H and O–H groups in total. The average Bonchev–Trinajstić information content (AvgIpc) is 3.22. The van der Waals surface area contributed by atoms with E-state index in [-0.39, 0.29) is 28.7 Å². The number of benzene rings is 2. The van der Waals surface area contributed by atoms with Gasteiger partial charge in [-0.25, -0.2) is 9.78 Å². The van der Waals surface area contributed by atoms with Gasteiger partial charge in [0.1, 0.15) is 5.69 Å². The van der Waals surface area contributed by atoms with E-state index in [9.17, 15) is 27.6 Å². The molecule has 38 heavy (non-hydrogen) atoms. The standard InChI is InChI=1S/C25H23F3N6O4/c1-3-14-6-4-5-7-18(14)32-19-17(21(29)36)12-30-22-20(19)34(38-24(37)25(26,27)28)23(33-22)15-8-10-16(11-9-15)31-13(2)35/h4-12,23H,3H2,1-2H3,(H2,29,36)(H,31,35)(H2,30,32,33). The molecule has 198 valence electrons. The number of nitrogens with zero attached hydrogens (tertiary/aromatic N) is 2. The van der Waals surface area contributed by atoms with Gasteiger partial charge in [0, 0.05) is 24.5 Å². The fraction of sp³-hybridized carbons (Fsp3) is 0.200. The maximum atomic E-state index is 13.3. The Labute approximate surface area is 214 Å². The van der Waals surface area contributed by atoms with E-state index in [2.05, 4.69) is 20.9 Å². The Kier molecular flexibility index (Phi) is 7.10. The van der Waals surface area contributed by atoms with E-state index in [4.69, 9.17) is 10.6 Å². The van der Waals surface area contributed by atoms with Crippen molar-refractivity contribution in [2.24, 2.45) is 5.73 Å². The van der Waals surface area contributed by atoms with E-state index in [0.717, 1.165) is 5.56 Å². The van der Waals surface area contributed by atoms with E-state index in [1.165, 1.54) is 37.4 Å². The van der Waals surface area contributed by atoms with Crippen molar-refractivity contribution < 1.29 is 32.4 Å². The Bertz CT molecular complexity index is 1390. The van der Waals surface area contributed by atoms with Crippen LogP contribution in [0.5, 0.6) is 0 Å². The van der Waals surface area contributed by atoms with Crippen LogP contribution in [0.25, 0.3) is 0 Å². The molecule has 0 bridgehead atoms. The van der Waals surface area contributed by atoms with Gasteiger partial charge in [-0.15, -0.1) is 0 Å². The van der Waals surface area contributed by atoms with Crippen LogP contribution in [0.3, 0.4) is 0 Å². The summed E-state index contributed by atoms with van der Waals surface area (Å²) in [5.74, 6) is -3.65. The van der Waals surface area contributed by atoms with E-state index >= 15 is 0 Å². The number of hydrogen-bond acceptors (Lipinski definition) is 8. The highest BCUT2D eigenvalue weighted by atomic mass is 19.4. The van der Waals surface area contributed by atoms with Crippen LogP contribution in [0.4, 0.5) is 41.7 Å². The molecule has 0 saturated carbocycles. The molecule has 1 unspecified atom stereocenters. The molecule has 0 saturated heterocycles. The molecule has 0 fully saturated rings. The number of hydrogen-bond donors (Lipinski definition) is 4. The first-order valence-electron chi connectivity index (χ1n) is 11.4. The number of halogens is 3. The van der Waals surface area contributed by atoms with Gasteiger partial charge in [0.2, 0.25) is 5.91 Å². The van der Waals surface area contributed by atoms with Crippen LogP contribution in [0.2, 0.25) is 0 Å². The van der Waals surface area contributed by atoms with Crippen LogP contribution >= 0.6 is 0 Å². The van der Waals surface area contributed by atoms with Gasteiger partial charge >= 0.3 is 12.1 Å². The van der Waals surface area contributed by atoms with Gasteiger partial charge in [0.15, 0.2) is 12.0 Å². The second kappa shape index (κ2) is 10.3. The Balaban J connectivity index is 1.85. The number of rotatable bonds is 7. The lowest BCUT2D eigenvalue weighted by Gasteiger charge is -2.27. The van der Waals surface area contributed by atoms with E-state index in [1.807, 2.05) is 19.1 Å². The number of para-hydroxylation sites is 1. The number of anilines is 5. The maximum absolute atomic E-state index is 13.3. The Hall–Kier alpha value is -4.81. The van der Waals surface area contributed by atoms with E-state index < -0.39 is 24.2 Å². The summed E-state index contributed by atoms with van der Waals surface area (Å²) in [5, 5.41) is 9.30. The SMILES string of the molecule is CCc1ccccc1Nc1c(C(N)=O)cnc2c1N(OC(=O)C(F)(F)F)C(c1ccc(NC(C)=O)cc1)N2. The molecule has 2 amide bonds. The van der Waals surface area contributed by atoms with Gasteiger partial charge in [-0.05, 0) is 35.7 Å². The monoisotopic (exact) mass is 528 g/mol. The summed E-state index contributed by atoms with van der Waals surface area (Å²) < 4.78 is 39.8. The topological polar surface area (TPSA) is 139 Å². The first-order chi connectivity index (χ1) is 18.0. The predicted octanol–water partition coefficient (Wildman–Crippen LogP) is 4.40. The van der Waals surface area contributed by atoms with E-state index in [0.29, 0.717) is 28.4 Å². The largest absolute Gasteiger partial charge is 0.493 e. The fourth-order valence-electron chi connectivity index (χ4n) is 3.95. The molecule has 1 atom stereocenters. The minimum Gasteiger partial charge on any atom is -0.365 e. The lowest BCUT2D eigenvalue weighted by atomic mass is 10.1. The molecule has 4 rings (SSSR count). The van der Waals surface area contributed by atoms with Gasteiger partial charge in [-0.1, -0.05) is 37.3 Å². The van der Waals surface area contributed by atoms with Crippen LogP contribution in [-0.2, 0) is 20.8 Å². The number of primary amides is 1. The number of nitrogens with one attached hydrogen (secondary N) is 3. The number of aromatic nitrogens is 1. The molecule has 2 heterocycles. The van der Waals surface area contributed by atoms with Gasteiger partial charge < -0.3 is 26.5 Å². The molecule has 1 aliphatic rings. The summed E-state index contributed by atoms with van der Waals surface area (Å²) in [6, 6.07) is 13.2. The van der Waals surface area contributed by atoms with Crippen molar-refractivity contribution in [1.82, 2.24) is 4.98 Å². The van der Waals surface area contributed by atoms with Crippen molar-refractivity contribution in [2.45, 2.75) is 32.6 Å². The molecule has 0 spiro atoms. The number of carbonyl (C=O) groups is 3. The normalized spacial score (nSPS) is 14.3. The highest BCUT2D eigenvalue weighted by Crippen LogP contribution is 2.47. The first-order valence-corrected chi connectivity index (χ1v) is 11.4. The number of nitrogens with two attached hydrogens (primary N) is 1. The molecular formula is C25H23F3N6O4. The molecule has 13 heteroatoms. The van der Waals surface area contributed by atoms with Crippen molar-refractivity contribution in [3.63, 3.8) is 0 Å². The van der Waals surface area contributed by atoms with Crippen LogP contribution in [0.1, 0.15) is 41.5 Å². The third-order valence-corrected chi connectivity index (χ3v) is 5.66. The van der Waals surface area contributed by atoms with Crippen molar-refractivity contribution in [1.29, 1.82) is 0 Å². The third-order valence-electron chi connectivity index (χ3n) is 5.66. The van der Waals surface area contributed by atoms with Gasteiger partial charge in [-0.3, -0.25) is 9.59 Å². The molecule has 1 aromatic heterocycles. The first kappa shape index (κ1) is 26.3. The Morgan fingerprint density at radius 3 is 2.42 bits per heavy atom. The van der Waals surface area contributed by atoms with Crippen LogP contribution < -0.4 is 26.7 Å². The zero-order valence-corrected chi connectivity index (χ0v) is 20.2. The summed E-state index contributed by atoms with van der Waals surface area (Å²) in [7, 11) is 0. The number of hydroxylamine groups is 1. The lowest BCUT2D eigenvalue weighted by Crippen LogP contribution is -2.37. The van der Waals surface area contributed by atoms with Crippen molar-refractivity contribution in [3.05, 3.63) is 71.4 Å². The van der Waals surface area contributed by atoms with Crippen LogP contribution in [0.15, 0.2) is 54.7 Å². The van der Waals surface area contributed by atoms with Gasteiger partial charge in [0.25, 0.3) is 5.91 Å². The molecule has 3 aromatic rings. The van der Waals surface area contributed by atoms with Crippen LogP contribution in [-0.4, -0.2) is 28.9 Å². The zero-order valence-electron chi connectivity index (χ0n) is 20.2. The summed E-state index contributed by atoms with van der Waals surface area (Å²) in [5.41, 5.74) is 7.55.